The molecular weight excluding hydrogens is 344 g/mol. The number of nitrogen functional groups attached to an aromatic ring is 1. The number of nitrogens with zero attached hydrogens (tertiary/aromatic N) is 1. The Balaban J connectivity index is 1.56. The highest BCUT2D eigenvalue weighted by atomic mass is 32.1. The summed E-state index contributed by atoms with van der Waals surface area (Å²) in [5, 5.41) is 5.36. The fourth-order valence-electron chi connectivity index (χ4n) is 2.52. The summed E-state index contributed by atoms with van der Waals surface area (Å²) in [5.41, 5.74) is 15.9. The van der Waals surface area contributed by atoms with E-state index < -0.39 is 0 Å². The number of thiazole rings is 1. The van der Waals surface area contributed by atoms with Gasteiger partial charge >= 0.3 is 0 Å². The van der Waals surface area contributed by atoms with Crippen LogP contribution in [-0.4, -0.2) is 10.9 Å². The molecule has 0 fully saturated rings. The molecule has 5 N–H and O–H groups in total. The second-order valence-corrected chi connectivity index (χ2v) is 7.14. The van der Waals surface area contributed by atoms with Gasteiger partial charge in [0.2, 0.25) is 0 Å². The lowest BCUT2D eigenvalue weighted by Gasteiger charge is -2.06. The van der Waals surface area contributed by atoms with Crippen LogP contribution in [0.3, 0.4) is 0 Å². The Kier molecular flexibility index (Phi) is 5.65. The molecule has 0 bridgehead atoms. The van der Waals surface area contributed by atoms with Crippen LogP contribution < -0.4 is 16.8 Å². The van der Waals surface area contributed by atoms with Crippen molar-refractivity contribution in [3.05, 3.63) is 75.7 Å². The minimum absolute atomic E-state index is 0.165. The van der Waals surface area contributed by atoms with Crippen molar-refractivity contribution >= 4 is 28.6 Å². The SMILES string of the molecule is CC(N)c1nc(C(=O)Nc2ccc(CCc3ccc(N)cc3)cc2)cs1. The molecule has 26 heavy (non-hydrogen) atoms. The average Bonchev–Trinajstić information content (AvgIpc) is 3.13. The largest absolute Gasteiger partial charge is 0.399 e. The molecule has 1 aromatic heterocycles. The van der Waals surface area contributed by atoms with E-state index in [1.54, 1.807) is 5.38 Å². The minimum Gasteiger partial charge on any atom is -0.399 e. The monoisotopic (exact) mass is 366 g/mol. The fraction of sp³-hybridized carbons (Fsp3) is 0.200. The third-order valence-electron chi connectivity index (χ3n) is 4.04. The maximum absolute atomic E-state index is 12.3. The van der Waals surface area contributed by atoms with Gasteiger partial charge in [-0.3, -0.25) is 4.79 Å². The third-order valence-corrected chi connectivity index (χ3v) is 5.08. The van der Waals surface area contributed by atoms with Gasteiger partial charge in [-0.2, -0.15) is 0 Å². The Hall–Kier alpha value is -2.70. The molecule has 0 spiro atoms. The lowest BCUT2D eigenvalue weighted by Crippen LogP contribution is -2.13. The van der Waals surface area contributed by atoms with Gasteiger partial charge < -0.3 is 16.8 Å². The second-order valence-electron chi connectivity index (χ2n) is 6.25. The van der Waals surface area contributed by atoms with Crippen LogP contribution >= 0.6 is 11.3 Å². The van der Waals surface area contributed by atoms with Crippen LogP contribution in [-0.2, 0) is 12.8 Å². The van der Waals surface area contributed by atoms with Gasteiger partial charge in [0.1, 0.15) is 10.7 Å². The molecule has 3 aromatic rings. The van der Waals surface area contributed by atoms with E-state index in [0.29, 0.717) is 5.69 Å². The predicted octanol–water partition coefficient (Wildman–Crippen LogP) is 3.78. The van der Waals surface area contributed by atoms with E-state index in [9.17, 15) is 4.79 Å². The van der Waals surface area contributed by atoms with Gasteiger partial charge in [-0.15, -0.1) is 11.3 Å². The van der Waals surface area contributed by atoms with Gasteiger partial charge in [-0.1, -0.05) is 24.3 Å². The van der Waals surface area contributed by atoms with Crippen LogP contribution in [0.25, 0.3) is 0 Å². The van der Waals surface area contributed by atoms with Crippen LogP contribution in [0.5, 0.6) is 0 Å². The summed E-state index contributed by atoms with van der Waals surface area (Å²) in [4.78, 5) is 16.5. The van der Waals surface area contributed by atoms with Crippen molar-refractivity contribution in [3.63, 3.8) is 0 Å². The Labute approximate surface area is 157 Å². The summed E-state index contributed by atoms with van der Waals surface area (Å²) in [7, 11) is 0. The maximum atomic E-state index is 12.3. The highest BCUT2D eigenvalue weighted by molar-refractivity contribution is 7.09. The second kappa shape index (κ2) is 8.12. The summed E-state index contributed by atoms with van der Waals surface area (Å²) < 4.78 is 0. The number of hydrogen-bond acceptors (Lipinski definition) is 5. The highest BCUT2D eigenvalue weighted by Crippen LogP contribution is 2.18. The maximum Gasteiger partial charge on any atom is 0.275 e. The highest BCUT2D eigenvalue weighted by Gasteiger charge is 2.12. The quantitative estimate of drug-likeness (QED) is 0.579. The number of carbonyl (C=O) groups is 1. The first-order chi connectivity index (χ1) is 12.5. The molecule has 3 rings (SSSR count). The zero-order chi connectivity index (χ0) is 18.5. The van der Waals surface area contributed by atoms with Gasteiger partial charge in [-0.25, -0.2) is 4.98 Å². The summed E-state index contributed by atoms with van der Waals surface area (Å²) in [5.74, 6) is -0.220. The van der Waals surface area contributed by atoms with E-state index in [1.807, 2.05) is 55.5 Å². The van der Waals surface area contributed by atoms with Crippen molar-refractivity contribution < 1.29 is 4.79 Å². The van der Waals surface area contributed by atoms with Crippen LogP contribution in [0, 0.1) is 0 Å². The Morgan fingerprint density at radius 3 is 2.19 bits per heavy atom. The summed E-state index contributed by atoms with van der Waals surface area (Å²) >= 11 is 1.40. The minimum atomic E-state index is -0.220. The van der Waals surface area contributed by atoms with Crippen molar-refractivity contribution in [2.24, 2.45) is 5.73 Å². The van der Waals surface area contributed by atoms with Gasteiger partial charge in [0.25, 0.3) is 5.91 Å². The molecule has 5 nitrogen and oxygen atoms in total. The number of aryl methyl sites for hydroxylation is 2. The molecule has 0 aliphatic rings. The number of anilines is 2. The van der Waals surface area contributed by atoms with E-state index >= 15 is 0 Å². The van der Waals surface area contributed by atoms with Gasteiger partial charge in [0, 0.05) is 16.8 Å². The van der Waals surface area contributed by atoms with Crippen molar-refractivity contribution in [3.8, 4) is 0 Å². The smallest absolute Gasteiger partial charge is 0.275 e. The molecular formula is C20H22N4OS. The number of nitrogens with two attached hydrogens (primary N) is 2. The zero-order valence-electron chi connectivity index (χ0n) is 14.6. The normalized spacial score (nSPS) is 11.9. The molecule has 0 aliphatic heterocycles. The molecule has 1 amide bonds. The first-order valence-corrected chi connectivity index (χ1v) is 9.35. The van der Waals surface area contributed by atoms with E-state index in [1.165, 1.54) is 22.5 Å². The van der Waals surface area contributed by atoms with Crippen LogP contribution in [0.2, 0.25) is 0 Å². The summed E-state index contributed by atoms with van der Waals surface area (Å²) in [6, 6.07) is 15.7. The first kappa shape index (κ1) is 18.1. The van der Waals surface area contributed by atoms with Gasteiger partial charge in [-0.05, 0) is 55.2 Å². The lowest BCUT2D eigenvalue weighted by molar-refractivity contribution is 0.102. The number of amides is 1. The lowest BCUT2D eigenvalue weighted by atomic mass is 10.0. The molecule has 134 valence electrons. The molecule has 0 aliphatic carbocycles. The molecule has 0 radical (unpaired) electrons. The summed E-state index contributed by atoms with van der Waals surface area (Å²) in [6.07, 6.45) is 1.88. The third kappa shape index (κ3) is 4.68. The van der Waals surface area contributed by atoms with Gasteiger partial charge in [0.05, 0.1) is 6.04 Å². The molecule has 1 unspecified atom stereocenters. The fourth-order valence-corrected chi connectivity index (χ4v) is 3.28. The van der Waals surface area contributed by atoms with E-state index in [4.69, 9.17) is 11.5 Å². The Bertz CT molecular complexity index is 870. The van der Waals surface area contributed by atoms with E-state index in [0.717, 1.165) is 29.2 Å². The first-order valence-electron chi connectivity index (χ1n) is 8.47. The number of benzene rings is 2. The number of hydrogen-bond donors (Lipinski definition) is 3. The van der Waals surface area contributed by atoms with Crippen LogP contribution in [0.15, 0.2) is 53.9 Å². The van der Waals surface area contributed by atoms with Crippen molar-refractivity contribution in [2.45, 2.75) is 25.8 Å². The Morgan fingerprint density at radius 1 is 1.08 bits per heavy atom. The molecule has 2 aromatic carbocycles. The number of rotatable bonds is 6. The molecule has 1 atom stereocenters. The molecule has 0 saturated carbocycles. The van der Waals surface area contributed by atoms with Crippen LogP contribution in [0.4, 0.5) is 11.4 Å². The van der Waals surface area contributed by atoms with E-state index in [2.05, 4.69) is 10.3 Å². The Morgan fingerprint density at radius 2 is 1.65 bits per heavy atom. The van der Waals surface area contributed by atoms with Crippen molar-refractivity contribution in [2.75, 3.05) is 11.1 Å². The van der Waals surface area contributed by atoms with Crippen molar-refractivity contribution in [1.29, 1.82) is 0 Å². The average molecular weight is 366 g/mol. The summed E-state index contributed by atoms with van der Waals surface area (Å²) in [6.45, 7) is 1.85. The number of aromatic nitrogens is 1. The molecule has 6 heteroatoms. The predicted molar refractivity (Wildman–Crippen MR) is 107 cm³/mol. The standard InChI is InChI=1S/C20H22N4OS/c1-13(21)20-24-18(12-26-20)19(25)23-17-10-6-15(7-11-17)3-2-14-4-8-16(22)9-5-14/h4-13H,2-3,21-22H2,1H3,(H,23,25). The number of nitrogens with one attached hydrogen (secondary N) is 1. The molecule has 1 heterocycles. The van der Waals surface area contributed by atoms with Gasteiger partial charge in [0.15, 0.2) is 0 Å². The topological polar surface area (TPSA) is 94.0 Å². The number of carbonyl (C=O) groups excluding carboxylic acids is 1. The molecule has 0 saturated heterocycles. The zero-order valence-corrected chi connectivity index (χ0v) is 15.4. The van der Waals surface area contributed by atoms with E-state index in [-0.39, 0.29) is 11.9 Å². The van der Waals surface area contributed by atoms with Crippen LogP contribution in [0.1, 0.15) is 39.6 Å². The van der Waals surface area contributed by atoms with Crippen molar-refractivity contribution in [1.82, 2.24) is 4.98 Å².